The summed E-state index contributed by atoms with van der Waals surface area (Å²) in [6.07, 6.45) is 13.2. The van der Waals surface area contributed by atoms with Crippen molar-refractivity contribution in [2.75, 3.05) is 6.61 Å². The van der Waals surface area contributed by atoms with Gasteiger partial charge in [-0.3, -0.25) is 4.79 Å². The van der Waals surface area contributed by atoms with E-state index in [9.17, 15) is 4.79 Å². The Labute approximate surface area is 135 Å². The lowest BCUT2D eigenvalue weighted by Gasteiger charge is -2.09. The molecular weight excluding hydrogens is 280 g/mol. The monoisotopic (exact) mass is 314 g/mol. The van der Waals surface area contributed by atoms with Gasteiger partial charge in [0.2, 0.25) is 0 Å². The molecule has 1 aliphatic heterocycles. The first-order chi connectivity index (χ1) is 10.7. The van der Waals surface area contributed by atoms with Crippen molar-refractivity contribution in [2.24, 2.45) is 0 Å². The molecule has 0 amide bonds. The Morgan fingerprint density at radius 2 is 1.64 bits per heavy atom. The van der Waals surface area contributed by atoms with Gasteiger partial charge in [0.15, 0.2) is 0 Å². The molecule has 1 N–H and O–H groups in total. The molecule has 4 heteroatoms. The first-order valence-electron chi connectivity index (χ1n) is 9.13. The Hall–Kier alpha value is -0.610. The van der Waals surface area contributed by atoms with Gasteiger partial charge in [-0.15, -0.1) is 0 Å². The summed E-state index contributed by atoms with van der Waals surface area (Å²) < 4.78 is 10.6. The van der Waals surface area contributed by atoms with Gasteiger partial charge in [-0.25, -0.2) is 0 Å². The lowest BCUT2D eigenvalue weighted by molar-refractivity contribution is -0.150. The quantitative estimate of drug-likeness (QED) is 0.299. The summed E-state index contributed by atoms with van der Waals surface area (Å²) in [6.45, 7) is 3.82. The molecule has 130 valence electrons. The Balaban J connectivity index is 1.78. The average molecular weight is 314 g/mol. The predicted octanol–water partition coefficient (Wildman–Crippen LogP) is 3.99. The molecule has 3 atom stereocenters. The highest BCUT2D eigenvalue weighted by Gasteiger charge is 2.36. The minimum absolute atomic E-state index is 0.100. The van der Waals surface area contributed by atoms with Gasteiger partial charge in [0, 0.05) is 6.42 Å². The normalized spacial score (nSPS) is 21.6. The minimum Gasteiger partial charge on any atom is -0.460 e. The molecular formula is C18H34O4. The summed E-state index contributed by atoms with van der Waals surface area (Å²) in [6, 6.07) is 0. The Morgan fingerprint density at radius 1 is 1.05 bits per heavy atom. The first-order valence-corrected chi connectivity index (χ1v) is 9.13. The van der Waals surface area contributed by atoms with Crippen LogP contribution in [-0.4, -0.2) is 36.0 Å². The van der Waals surface area contributed by atoms with Gasteiger partial charge in [0.25, 0.3) is 0 Å². The van der Waals surface area contributed by atoms with E-state index in [-0.39, 0.29) is 18.7 Å². The molecule has 3 unspecified atom stereocenters. The lowest BCUT2D eigenvalue weighted by Crippen LogP contribution is -2.18. The van der Waals surface area contributed by atoms with Crippen LogP contribution in [0.3, 0.4) is 0 Å². The number of epoxide rings is 1. The summed E-state index contributed by atoms with van der Waals surface area (Å²) in [7, 11) is 0. The molecule has 0 radical (unpaired) electrons. The van der Waals surface area contributed by atoms with Gasteiger partial charge < -0.3 is 14.6 Å². The third kappa shape index (κ3) is 9.42. The highest BCUT2D eigenvalue weighted by atomic mass is 16.6. The molecule has 0 aromatic heterocycles. The summed E-state index contributed by atoms with van der Waals surface area (Å²) in [5, 5.41) is 8.79. The van der Waals surface area contributed by atoms with Gasteiger partial charge in [-0.2, -0.15) is 0 Å². The van der Waals surface area contributed by atoms with Crippen LogP contribution in [-0.2, 0) is 14.3 Å². The van der Waals surface area contributed by atoms with E-state index in [4.69, 9.17) is 14.6 Å². The van der Waals surface area contributed by atoms with Gasteiger partial charge in [-0.1, -0.05) is 51.9 Å². The average Bonchev–Trinajstić information content (AvgIpc) is 3.24. The van der Waals surface area contributed by atoms with E-state index in [0.717, 1.165) is 12.8 Å². The van der Waals surface area contributed by atoms with Crippen molar-refractivity contribution in [3.63, 3.8) is 0 Å². The van der Waals surface area contributed by atoms with Crippen LogP contribution in [0.15, 0.2) is 0 Å². The zero-order chi connectivity index (χ0) is 16.2. The first kappa shape index (κ1) is 19.4. The summed E-state index contributed by atoms with van der Waals surface area (Å²) in [5.74, 6) is -0.187. The molecule has 0 aromatic carbocycles. The van der Waals surface area contributed by atoms with Crippen LogP contribution >= 0.6 is 0 Å². The van der Waals surface area contributed by atoms with Gasteiger partial charge in [0.1, 0.15) is 6.10 Å². The standard InChI is InChI=1S/C18H34O4/c1-3-11-16-17(22-16)12-9-7-5-4-6-8-10-13-18(20)21-15(2)14-19/h15-17,19H,3-14H2,1-2H3. The maximum absolute atomic E-state index is 11.4. The topological polar surface area (TPSA) is 59.1 Å². The van der Waals surface area contributed by atoms with Crippen molar-refractivity contribution in [3.05, 3.63) is 0 Å². The Morgan fingerprint density at radius 3 is 2.27 bits per heavy atom. The molecule has 1 fully saturated rings. The fraction of sp³-hybridized carbons (Fsp3) is 0.944. The predicted molar refractivity (Wildman–Crippen MR) is 87.8 cm³/mol. The van der Waals surface area contributed by atoms with E-state index < -0.39 is 0 Å². The lowest BCUT2D eigenvalue weighted by atomic mass is 10.0. The number of aliphatic hydroxyl groups is 1. The van der Waals surface area contributed by atoms with Crippen LogP contribution in [0.5, 0.6) is 0 Å². The number of aliphatic hydroxyl groups excluding tert-OH is 1. The van der Waals surface area contributed by atoms with E-state index in [1.165, 1.54) is 51.4 Å². The molecule has 0 saturated carbocycles. The number of hydrogen-bond donors (Lipinski definition) is 1. The molecule has 1 rings (SSSR count). The van der Waals surface area contributed by atoms with Gasteiger partial charge in [-0.05, 0) is 26.2 Å². The minimum atomic E-state index is -0.375. The second-order valence-corrected chi connectivity index (χ2v) is 6.50. The number of carbonyl (C=O) groups is 1. The largest absolute Gasteiger partial charge is 0.460 e. The number of carbonyl (C=O) groups excluding carboxylic acids is 1. The van der Waals surface area contributed by atoms with Crippen LogP contribution in [0, 0.1) is 0 Å². The van der Waals surface area contributed by atoms with Crippen molar-refractivity contribution in [1.82, 2.24) is 0 Å². The van der Waals surface area contributed by atoms with E-state index in [1.54, 1.807) is 6.92 Å². The molecule has 22 heavy (non-hydrogen) atoms. The second kappa shape index (κ2) is 11.9. The van der Waals surface area contributed by atoms with E-state index in [1.807, 2.05) is 0 Å². The zero-order valence-electron chi connectivity index (χ0n) is 14.4. The number of esters is 1. The third-order valence-electron chi connectivity index (χ3n) is 4.22. The maximum Gasteiger partial charge on any atom is 0.306 e. The van der Waals surface area contributed by atoms with E-state index in [0.29, 0.717) is 18.6 Å². The zero-order valence-corrected chi connectivity index (χ0v) is 14.4. The summed E-state index contributed by atoms with van der Waals surface area (Å²) >= 11 is 0. The van der Waals surface area contributed by atoms with Crippen LogP contribution in [0.1, 0.15) is 84.5 Å². The van der Waals surface area contributed by atoms with Crippen LogP contribution < -0.4 is 0 Å². The third-order valence-corrected chi connectivity index (χ3v) is 4.22. The summed E-state index contributed by atoms with van der Waals surface area (Å²) in [4.78, 5) is 11.4. The number of ether oxygens (including phenoxy) is 2. The number of hydrogen-bond acceptors (Lipinski definition) is 4. The summed E-state index contributed by atoms with van der Waals surface area (Å²) in [5.41, 5.74) is 0. The molecule has 0 aromatic rings. The van der Waals surface area contributed by atoms with Crippen molar-refractivity contribution in [3.8, 4) is 0 Å². The van der Waals surface area contributed by atoms with Crippen LogP contribution in [0.2, 0.25) is 0 Å². The molecule has 1 aliphatic rings. The molecule has 0 spiro atoms. The van der Waals surface area contributed by atoms with Crippen molar-refractivity contribution < 1.29 is 19.4 Å². The Kier molecular flexibility index (Phi) is 10.5. The number of rotatable bonds is 14. The van der Waals surface area contributed by atoms with E-state index in [2.05, 4.69) is 6.92 Å². The highest BCUT2D eigenvalue weighted by Crippen LogP contribution is 2.30. The fourth-order valence-electron chi connectivity index (χ4n) is 2.79. The smallest absolute Gasteiger partial charge is 0.306 e. The van der Waals surface area contributed by atoms with Crippen molar-refractivity contribution in [1.29, 1.82) is 0 Å². The van der Waals surface area contributed by atoms with Gasteiger partial charge >= 0.3 is 5.97 Å². The SMILES string of the molecule is CCCC1OC1CCCCCCCCCC(=O)OC(C)CO. The van der Waals surface area contributed by atoms with Crippen LogP contribution in [0.4, 0.5) is 0 Å². The molecule has 1 saturated heterocycles. The van der Waals surface area contributed by atoms with Crippen LogP contribution in [0.25, 0.3) is 0 Å². The molecule has 4 nitrogen and oxygen atoms in total. The number of unbranched alkanes of at least 4 members (excludes halogenated alkanes) is 6. The Bertz CT molecular complexity index is 293. The molecule has 0 aliphatic carbocycles. The van der Waals surface area contributed by atoms with Crippen molar-refractivity contribution >= 4 is 5.97 Å². The second-order valence-electron chi connectivity index (χ2n) is 6.50. The molecule has 1 heterocycles. The highest BCUT2D eigenvalue weighted by molar-refractivity contribution is 5.69. The fourth-order valence-corrected chi connectivity index (χ4v) is 2.79. The van der Waals surface area contributed by atoms with E-state index >= 15 is 0 Å². The van der Waals surface area contributed by atoms with Gasteiger partial charge in [0.05, 0.1) is 18.8 Å². The molecule has 0 bridgehead atoms. The maximum atomic E-state index is 11.4. The van der Waals surface area contributed by atoms with Crippen molar-refractivity contribution in [2.45, 2.75) is 103 Å².